The number of benzene rings is 2. The van der Waals surface area contributed by atoms with Gasteiger partial charge in [-0.15, -0.1) is 16.8 Å². The van der Waals surface area contributed by atoms with Crippen LogP contribution in [0.4, 0.5) is 11.4 Å². The van der Waals surface area contributed by atoms with Crippen LogP contribution in [0.25, 0.3) is 5.76 Å². The van der Waals surface area contributed by atoms with Gasteiger partial charge in [0, 0.05) is 11.3 Å². The van der Waals surface area contributed by atoms with E-state index in [1.54, 1.807) is 18.2 Å². The van der Waals surface area contributed by atoms with Crippen molar-refractivity contribution in [2.24, 2.45) is 10.3 Å². The summed E-state index contributed by atoms with van der Waals surface area (Å²) in [5.41, 5.74) is 6.48. The minimum Gasteiger partial charge on any atom is -0.506 e. The van der Waals surface area contributed by atoms with Gasteiger partial charge in [0.05, 0.1) is 11.1 Å². The number of nitrogens with one attached hydrogen (secondary N) is 1. The van der Waals surface area contributed by atoms with E-state index in [2.05, 4.69) is 23.6 Å². The fourth-order valence-corrected chi connectivity index (χ4v) is 5.30. The zero-order valence-corrected chi connectivity index (χ0v) is 19.7. The van der Waals surface area contributed by atoms with Crippen molar-refractivity contribution in [3.05, 3.63) is 59.2 Å². The van der Waals surface area contributed by atoms with E-state index in [4.69, 9.17) is 5.73 Å². The third-order valence-electron chi connectivity index (χ3n) is 5.95. The van der Waals surface area contributed by atoms with Gasteiger partial charge in [-0.3, -0.25) is 4.79 Å². The molecular weight excluding hydrogens is 450 g/mol. The molecule has 0 radical (unpaired) electrons. The lowest BCUT2D eigenvalue weighted by atomic mass is 9.66. The molecule has 2 aliphatic rings. The molecule has 0 fully saturated rings. The van der Waals surface area contributed by atoms with Gasteiger partial charge in [0.15, 0.2) is 11.6 Å². The Hall–Kier alpha value is -2.84. The predicted molar refractivity (Wildman–Crippen MR) is 129 cm³/mol. The van der Waals surface area contributed by atoms with Crippen molar-refractivity contribution in [1.82, 2.24) is 0 Å². The standard InChI is InChI=1S/C23H25N3O4S.ClH/c1-13(2)10-11-23(3)16-7-5-4-6-15(16)20(27)19(21(23)28)22-25-17-9-8-14(24)12-18(17)31(29,30)26-22;/h4-9,12-13,27H,10-11,24H2,1-3H3,(H,25,26);1H/t23-;/m1./s1. The molecule has 2 aromatic rings. The van der Waals surface area contributed by atoms with E-state index in [0.29, 0.717) is 17.9 Å². The lowest BCUT2D eigenvalue weighted by molar-refractivity contribution is -0.120. The molecule has 32 heavy (non-hydrogen) atoms. The van der Waals surface area contributed by atoms with Gasteiger partial charge in [-0.2, -0.15) is 8.42 Å². The fourth-order valence-electron chi connectivity index (χ4n) is 4.14. The van der Waals surface area contributed by atoms with Gasteiger partial charge in [-0.25, -0.2) is 0 Å². The highest BCUT2D eigenvalue weighted by Gasteiger charge is 2.46. The number of anilines is 2. The number of carbonyl (C=O) groups is 1. The van der Waals surface area contributed by atoms with Crippen molar-refractivity contribution < 1.29 is 18.3 Å². The average Bonchev–Trinajstić information content (AvgIpc) is 2.71. The first-order valence-corrected chi connectivity index (χ1v) is 11.6. The Kier molecular flexibility index (Phi) is 6.14. The Labute approximate surface area is 193 Å². The van der Waals surface area contributed by atoms with Crippen LogP contribution in [0, 0.1) is 5.92 Å². The lowest BCUT2D eigenvalue weighted by Crippen LogP contribution is -2.42. The van der Waals surface area contributed by atoms with Crippen LogP contribution in [0.5, 0.6) is 0 Å². The predicted octanol–water partition coefficient (Wildman–Crippen LogP) is 4.45. The molecule has 0 saturated heterocycles. The van der Waals surface area contributed by atoms with E-state index in [1.165, 1.54) is 12.1 Å². The van der Waals surface area contributed by atoms with E-state index in [9.17, 15) is 18.3 Å². The van der Waals surface area contributed by atoms with Gasteiger partial charge < -0.3 is 16.2 Å². The number of ketones is 1. The van der Waals surface area contributed by atoms with Crippen LogP contribution in [0.2, 0.25) is 0 Å². The highest BCUT2D eigenvalue weighted by Crippen LogP contribution is 2.44. The number of nitrogens with zero attached hydrogens (tertiary/aromatic N) is 1. The maximum atomic E-state index is 13.8. The molecule has 0 spiro atoms. The molecule has 0 unspecified atom stereocenters. The molecule has 170 valence electrons. The number of fused-ring (bicyclic) bond motifs is 2. The largest absolute Gasteiger partial charge is 0.506 e. The van der Waals surface area contributed by atoms with Crippen LogP contribution in [0.15, 0.2) is 57.3 Å². The van der Waals surface area contributed by atoms with Gasteiger partial charge in [-0.1, -0.05) is 38.1 Å². The van der Waals surface area contributed by atoms with Crippen molar-refractivity contribution in [1.29, 1.82) is 0 Å². The topological polar surface area (TPSA) is 122 Å². The monoisotopic (exact) mass is 475 g/mol. The fraction of sp³-hybridized carbons (Fsp3) is 0.304. The van der Waals surface area contributed by atoms with Crippen LogP contribution in [0.3, 0.4) is 0 Å². The van der Waals surface area contributed by atoms with Gasteiger partial charge in [0.2, 0.25) is 0 Å². The van der Waals surface area contributed by atoms with Crippen LogP contribution >= 0.6 is 12.4 Å². The molecule has 9 heteroatoms. The number of aliphatic hydroxyl groups excluding tert-OH is 1. The Morgan fingerprint density at radius 2 is 1.88 bits per heavy atom. The normalized spacial score (nSPS) is 21.2. The maximum Gasteiger partial charge on any atom is 0.286 e. The summed E-state index contributed by atoms with van der Waals surface area (Å²) in [4.78, 5) is 13.7. The molecule has 2 aromatic carbocycles. The van der Waals surface area contributed by atoms with Crippen molar-refractivity contribution in [3.8, 4) is 0 Å². The summed E-state index contributed by atoms with van der Waals surface area (Å²) in [7, 11) is -4.10. The molecule has 0 amide bonds. The number of halogens is 1. The molecule has 0 aromatic heterocycles. The number of amidine groups is 1. The first-order valence-electron chi connectivity index (χ1n) is 10.1. The van der Waals surface area contributed by atoms with Gasteiger partial charge in [0.25, 0.3) is 10.0 Å². The third-order valence-corrected chi connectivity index (χ3v) is 7.26. The molecule has 4 N–H and O–H groups in total. The van der Waals surface area contributed by atoms with Crippen LogP contribution < -0.4 is 11.1 Å². The Balaban J connectivity index is 0.00000289. The highest BCUT2D eigenvalue weighted by molar-refractivity contribution is 7.90. The van der Waals surface area contributed by atoms with Gasteiger partial charge in [0.1, 0.15) is 16.2 Å². The first kappa shape index (κ1) is 23.8. The lowest BCUT2D eigenvalue weighted by Gasteiger charge is -2.36. The summed E-state index contributed by atoms with van der Waals surface area (Å²) in [5, 5.41) is 14.0. The second-order valence-electron chi connectivity index (χ2n) is 8.66. The summed E-state index contributed by atoms with van der Waals surface area (Å²) in [6.07, 6.45) is 1.36. The number of nitrogen functional groups attached to an aromatic ring is 1. The second-order valence-corrected chi connectivity index (χ2v) is 10.2. The number of hydrogen-bond acceptors (Lipinski definition) is 6. The maximum absolute atomic E-state index is 13.8. The van der Waals surface area contributed by atoms with Crippen molar-refractivity contribution >= 4 is 51.2 Å². The highest BCUT2D eigenvalue weighted by atomic mass is 35.5. The molecule has 7 nitrogen and oxygen atoms in total. The smallest absolute Gasteiger partial charge is 0.286 e. The van der Waals surface area contributed by atoms with E-state index in [-0.39, 0.29) is 51.6 Å². The third kappa shape index (κ3) is 3.78. The van der Waals surface area contributed by atoms with E-state index < -0.39 is 15.4 Å². The number of aliphatic hydroxyl groups is 1. The van der Waals surface area contributed by atoms with Crippen molar-refractivity contribution in [2.75, 3.05) is 11.1 Å². The summed E-state index contributed by atoms with van der Waals surface area (Å²) < 4.78 is 29.5. The molecule has 0 bridgehead atoms. The Bertz CT molecular complexity index is 1270. The number of carbonyl (C=O) groups excluding carboxylic acids is 1. The average molecular weight is 476 g/mol. The van der Waals surface area contributed by atoms with Crippen molar-refractivity contribution in [3.63, 3.8) is 0 Å². The molecule has 0 saturated carbocycles. The first-order chi connectivity index (χ1) is 14.5. The second kappa shape index (κ2) is 8.26. The number of hydrogen-bond donors (Lipinski definition) is 3. The van der Waals surface area contributed by atoms with Crippen molar-refractivity contribution in [2.45, 2.75) is 43.9 Å². The number of rotatable bonds is 4. The number of Topliss-reactive ketones (excluding diaryl/α,β-unsaturated/α-hetero) is 1. The SMILES string of the molecule is CC(C)CC[C@@]1(C)C(=O)C(C2=NS(=O)(=O)c3cc(N)ccc3N2)=C(O)c2ccccc21.Cl. The molecule has 4 rings (SSSR count). The summed E-state index contributed by atoms with van der Waals surface area (Å²) >= 11 is 0. The number of nitrogens with two attached hydrogens (primary N) is 1. The van der Waals surface area contributed by atoms with E-state index in [1.807, 2.05) is 19.1 Å². The van der Waals surface area contributed by atoms with E-state index in [0.717, 1.165) is 12.0 Å². The summed E-state index contributed by atoms with van der Waals surface area (Å²) in [5.74, 6) is -0.430. The summed E-state index contributed by atoms with van der Waals surface area (Å²) in [6.45, 7) is 6.01. The minimum atomic E-state index is -4.10. The quantitative estimate of drug-likeness (QED) is 0.561. The van der Waals surface area contributed by atoms with Crippen LogP contribution in [-0.2, 0) is 20.2 Å². The minimum absolute atomic E-state index is 0. The zero-order chi connectivity index (χ0) is 22.6. The number of sulfonamides is 1. The Morgan fingerprint density at radius 3 is 2.56 bits per heavy atom. The molecule has 1 aliphatic heterocycles. The molecule has 1 atom stereocenters. The van der Waals surface area contributed by atoms with Crippen LogP contribution in [-0.4, -0.2) is 25.1 Å². The van der Waals surface area contributed by atoms with Crippen LogP contribution in [0.1, 0.15) is 44.7 Å². The van der Waals surface area contributed by atoms with E-state index >= 15 is 0 Å². The molecule has 1 heterocycles. The van der Waals surface area contributed by atoms with Gasteiger partial charge >= 0.3 is 0 Å². The van der Waals surface area contributed by atoms with Gasteiger partial charge in [-0.05, 0) is 49.4 Å². The zero-order valence-electron chi connectivity index (χ0n) is 18.0. The molecular formula is C23H26ClN3O4S. The Morgan fingerprint density at radius 1 is 1.19 bits per heavy atom. The summed E-state index contributed by atoms with van der Waals surface area (Å²) in [6, 6.07) is 11.6. The molecule has 1 aliphatic carbocycles.